The standard InChI is InChI=1S/C15H16N4O4S.ClH/c1-2-23-14(21)6-12-10-24-15(17-12)18-13(20)9-19-5-3-4-11(8-19)7-16-22;/h3-5,7-8,10H,2,6,9H2,1H3,(H-,17,18,20,22);1H/b16-7+;. The highest BCUT2D eigenvalue weighted by Crippen LogP contribution is 2.16. The number of amides is 1. The Morgan fingerprint density at radius 1 is 1.52 bits per heavy atom. The van der Waals surface area contributed by atoms with Gasteiger partial charge in [0.05, 0.1) is 30.5 Å². The zero-order chi connectivity index (χ0) is 17.4. The number of aromatic nitrogens is 2. The summed E-state index contributed by atoms with van der Waals surface area (Å²) in [5.74, 6) is -0.603. The molecule has 0 aliphatic heterocycles. The monoisotopic (exact) mass is 384 g/mol. The molecule has 0 fully saturated rings. The number of hydrogen-bond donors (Lipinski definition) is 2. The molecule has 0 aliphatic carbocycles. The van der Waals surface area contributed by atoms with Gasteiger partial charge in [0.15, 0.2) is 17.5 Å². The quantitative estimate of drug-likeness (QED) is 0.189. The fourth-order valence-corrected chi connectivity index (χ4v) is 2.64. The highest BCUT2D eigenvalue weighted by molar-refractivity contribution is 7.13. The summed E-state index contributed by atoms with van der Waals surface area (Å²) in [6, 6.07) is 3.49. The SMILES string of the molecule is CCOC(=O)Cc1csc(NC(=O)C[n+]2cccc(/C=N/O)c2)n1.[Cl-]. The Morgan fingerprint density at radius 3 is 3.04 bits per heavy atom. The van der Waals surface area contributed by atoms with E-state index in [1.165, 1.54) is 17.6 Å². The first kappa shape index (κ1) is 20.5. The van der Waals surface area contributed by atoms with Crippen LogP contribution >= 0.6 is 11.3 Å². The Balaban J connectivity index is 0.00000312. The van der Waals surface area contributed by atoms with Gasteiger partial charge in [0.1, 0.15) is 0 Å². The molecule has 25 heavy (non-hydrogen) atoms. The van der Waals surface area contributed by atoms with Crippen LogP contribution in [0, 0.1) is 0 Å². The fraction of sp³-hybridized carbons (Fsp3) is 0.267. The van der Waals surface area contributed by atoms with E-state index in [-0.39, 0.29) is 37.2 Å². The summed E-state index contributed by atoms with van der Waals surface area (Å²) in [5.41, 5.74) is 1.22. The lowest BCUT2D eigenvalue weighted by Gasteiger charge is -2.00. The summed E-state index contributed by atoms with van der Waals surface area (Å²) in [4.78, 5) is 27.6. The Hall–Kier alpha value is -2.52. The van der Waals surface area contributed by atoms with Gasteiger partial charge in [-0.3, -0.25) is 14.9 Å². The molecular formula is C15H17ClN4O4S. The third kappa shape index (κ3) is 6.86. The molecule has 134 valence electrons. The van der Waals surface area contributed by atoms with Crippen molar-refractivity contribution >= 4 is 34.6 Å². The maximum absolute atomic E-state index is 12.0. The predicted octanol–water partition coefficient (Wildman–Crippen LogP) is -2.01. The summed E-state index contributed by atoms with van der Waals surface area (Å²) in [7, 11) is 0. The van der Waals surface area contributed by atoms with E-state index in [1.54, 1.807) is 41.4 Å². The molecule has 8 nitrogen and oxygen atoms in total. The van der Waals surface area contributed by atoms with Crippen LogP contribution in [0.3, 0.4) is 0 Å². The lowest BCUT2D eigenvalue weighted by molar-refractivity contribution is -0.684. The van der Waals surface area contributed by atoms with E-state index in [0.717, 1.165) is 0 Å². The topological polar surface area (TPSA) is 105 Å². The van der Waals surface area contributed by atoms with Gasteiger partial charge in [-0.05, 0) is 13.0 Å². The average Bonchev–Trinajstić information content (AvgIpc) is 2.95. The molecule has 0 spiro atoms. The molecule has 0 bridgehead atoms. The van der Waals surface area contributed by atoms with Gasteiger partial charge in [0.2, 0.25) is 6.54 Å². The smallest absolute Gasteiger partial charge is 0.311 e. The fourth-order valence-electron chi connectivity index (χ4n) is 1.91. The van der Waals surface area contributed by atoms with Gasteiger partial charge in [-0.2, -0.15) is 4.57 Å². The number of pyridine rings is 1. The van der Waals surface area contributed by atoms with Gasteiger partial charge in [0.25, 0.3) is 5.91 Å². The minimum absolute atomic E-state index is 0. The van der Waals surface area contributed by atoms with Crippen LogP contribution in [0.5, 0.6) is 0 Å². The third-order valence-electron chi connectivity index (χ3n) is 2.84. The normalized spacial score (nSPS) is 10.3. The number of halogens is 1. The number of esters is 1. The molecule has 0 aromatic carbocycles. The van der Waals surface area contributed by atoms with Crippen LogP contribution in [0.1, 0.15) is 18.2 Å². The van der Waals surface area contributed by atoms with Gasteiger partial charge in [-0.15, -0.1) is 11.3 Å². The van der Waals surface area contributed by atoms with Crippen LogP contribution in [-0.4, -0.2) is 34.9 Å². The molecule has 1 amide bonds. The molecule has 0 aliphatic rings. The molecule has 10 heteroatoms. The van der Waals surface area contributed by atoms with Crippen molar-refractivity contribution in [2.45, 2.75) is 19.9 Å². The van der Waals surface area contributed by atoms with Crippen LogP contribution in [0.15, 0.2) is 35.1 Å². The Morgan fingerprint density at radius 2 is 2.32 bits per heavy atom. The lowest BCUT2D eigenvalue weighted by Crippen LogP contribution is -3.00. The highest BCUT2D eigenvalue weighted by atomic mass is 35.5. The summed E-state index contributed by atoms with van der Waals surface area (Å²) in [6.45, 7) is 2.15. The first-order chi connectivity index (χ1) is 11.6. The molecule has 0 atom stereocenters. The molecule has 2 heterocycles. The van der Waals surface area contributed by atoms with Crippen molar-refractivity contribution in [1.82, 2.24) is 4.98 Å². The van der Waals surface area contributed by atoms with Gasteiger partial charge in [-0.1, -0.05) is 5.16 Å². The van der Waals surface area contributed by atoms with E-state index < -0.39 is 0 Å². The van der Waals surface area contributed by atoms with E-state index >= 15 is 0 Å². The second-order valence-corrected chi connectivity index (χ2v) is 5.59. The van der Waals surface area contributed by atoms with Gasteiger partial charge in [-0.25, -0.2) is 4.98 Å². The molecule has 0 saturated heterocycles. The Bertz CT molecular complexity index is 751. The van der Waals surface area contributed by atoms with Crippen molar-refractivity contribution < 1.29 is 36.5 Å². The first-order valence-electron chi connectivity index (χ1n) is 7.17. The Kier molecular flexibility index (Phi) is 8.51. The molecular weight excluding hydrogens is 368 g/mol. The second kappa shape index (κ2) is 10.4. The number of anilines is 1. The van der Waals surface area contributed by atoms with Crippen LogP contribution < -0.4 is 22.3 Å². The van der Waals surface area contributed by atoms with Crippen molar-refractivity contribution in [1.29, 1.82) is 0 Å². The van der Waals surface area contributed by atoms with E-state index in [4.69, 9.17) is 9.94 Å². The molecule has 0 radical (unpaired) electrons. The number of rotatable bonds is 7. The summed E-state index contributed by atoms with van der Waals surface area (Å²) >= 11 is 1.25. The average molecular weight is 385 g/mol. The molecule has 0 saturated carbocycles. The number of thiazole rings is 1. The van der Waals surface area contributed by atoms with Crippen LogP contribution in [0.4, 0.5) is 5.13 Å². The van der Waals surface area contributed by atoms with Gasteiger partial charge < -0.3 is 22.4 Å². The van der Waals surface area contributed by atoms with Gasteiger partial charge in [0, 0.05) is 11.4 Å². The number of ether oxygens (including phenoxy) is 1. The highest BCUT2D eigenvalue weighted by Gasteiger charge is 2.13. The predicted molar refractivity (Wildman–Crippen MR) is 87.1 cm³/mol. The zero-order valence-corrected chi connectivity index (χ0v) is 15.0. The van der Waals surface area contributed by atoms with Crippen LogP contribution in [0.25, 0.3) is 0 Å². The Labute approximate surface area is 154 Å². The van der Waals surface area contributed by atoms with Crippen molar-refractivity contribution in [2.75, 3.05) is 11.9 Å². The van der Waals surface area contributed by atoms with Crippen molar-refractivity contribution in [3.8, 4) is 0 Å². The second-order valence-electron chi connectivity index (χ2n) is 4.73. The minimum atomic E-state index is -0.349. The summed E-state index contributed by atoms with van der Waals surface area (Å²) in [5, 5.41) is 16.3. The number of nitrogens with one attached hydrogen (secondary N) is 1. The molecule has 2 aromatic heterocycles. The number of hydrogen-bond acceptors (Lipinski definition) is 7. The van der Waals surface area contributed by atoms with E-state index in [1.807, 2.05) is 0 Å². The van der Waals surface area contributed by atoms with Crippen molar-refractivity contribution in [3.05, 3.63) is 41.2 Å². The molecule has 2 rings (SSSR count). The van der Waals surface area contributed by atoms with Crippen LogP contribution in [0.2, 0.25) is 0 Å². The molecule has 2 aromatic rings. The van der Waals surface area contributed by atoms with E-state index in [0.29, 0.717) is 23.0 Å². The van der Waals surface area contributed by atoms with Crippen LogP contribution in [-0.2, 0) is 27.3 Å². The number of nitrogens with zero attached hydrogens (tertiary/aromatic N) is 3. The van der Waals surface area contributed by atoms with E-state index in [2.05, 4.69) is 15.5 Å². The number of oxime groups is 1. The minimum Gasteiger partial charge on any atom is -1.00 e. The maximum Gasteiger partial charge on any atom is 0.311 e. The lowest BCUT2D eigenvalue weighted by atomic mass is 10.3. The first-order valence-corrected chi connectivity index (χ1v) is 8.05. The number of carbonyl (C=O) groups excluding carboxylic acids is 2. The number of carbonyl (C=O) groups is 2. The van der Waals surface area contributed by atoms with E-state index in [9.17, 15) is 9.59 Å². The third-order valence-corrected chi connectivity index (χ3v) is 3.65. The largest absolute Gasteiger partial charge is 1.00 e. The van der Waals surface area contributed by atoms with Crippen molar-refractivity contribution in [2.24, 2.45) is 5.16 Å². The maximum atomic E-state index is 12.0. The zero-order valence-electron chi connectivity index (χ0n) is 13.4. The molecule has 0 unspecified atom stereocenters. The van der Waals surface area contributed by atoms with Gasteiger partial charge >= 0.3 is 5.97 Å². The summed E-state index contributed by atoms with van der Waals surface area (Å²) < 4.78 is 6.51. The summed E-state index contributed by atoms with van der Waals surface area (Å²) in [6.07, 6.45) is 4.75. The van der Waals surface area contributed by atoms with Crippen molar-refractivity contribution in [3.63, 3.8) is 0 Å². The molecule has 2 N–H and O–H groups in total.